The van der Waals surface area contributed by atoms with Gasteiger partial charge in [0, 0.05) is 31.9 Å². The van der Waals surface area contributed by atoms with Crippen LogP contribution in [-0.2, 0) is 13.1 Å². The lowest BCUT2D eigenvalue weighted by atomic mass is 9.42. The molecule has 0 unspecified atom stereocenters. The van der Waals surface area contributed by atoms with Crippen LogP contribution < -0.4 is 16.2 Å². The van der Waals surface area contributed by atoms with E-state index in [1.807, 2.05) is 12.1 Å². The Morgan fingerprint density at radius 1 is 0.971 bits per heavy atom. The maximum atomic E-state index is 13.7. The molecule has 6 nitrogen and oxygen atoms in total. The molecule has 2 heterocycles. The normalized spacial score (nSPS) is 22.9. The van der Waals surface area contributed by atoms with Crippen LogP contribution in [0.25, 0.3) is 16.4 Å². The van der Waals surface area contributed by atoms with Crippen molar-refractivity contribution < 1.29 is 9.18 Å². The summed E-state index contributed by atoms with van der Waals surface area (Å²) in [5, 5.41) is 8.59. The minimum Gasteiger partial charge on any atom is -0.347 e. The lowest BCUT2D eigenvalue weighted by molar-refractivity contribution is -0.209. The van der Waals surface area contributed by atoms with Gasteiger partial charge in [0.25, 0.3) is 11.5 Å². The first kappa shape index (κ1) is 21.0. The largest absolute Gasteiger partial charge is 0.347 e. The van der Waals surface area contributed by atoms with Crippen molar-refractivity contribution in [1.82, 2.24) is 20.0 Å². The third-order valence-electron chi connectivity index (χ3n) is 7.13. The van der Waals surface area contributed by atoms with Crippen molar-refractivity contribution in [2.24, 2.45) is 5.41 Å². The van der Waals surface area contributed by atoms with Crippen molar-refractivity contribution >= 4 is 22.3 Å². The number of alkyl halides is 1. The SMILES string of the molecule is O=C(NCc1ccc2ccc(CNCC34CC(F)(C3)C4)cc2c1)c1cc(=O)n2ccccc2n1. The molecule has 0 aliphatic heterocycles. The van der Waals surface area contributed by atoms with E-state index in [1.54, 1.807) is 24.4 Å². The van der Waals surface area contributed by atoms with Gasteiger partial charge in [-0.3, -0.25) is 14.0 Å². The van der Waals surface area contributed by atoms with Crippen molar-refractivity contribution in [3.05, 3.63) is 94.0 Å². The number of benzene rings is 2. The number of fused-ring (bicyclic) bond motifs is 2. The molecule has 0 saturated heterocycles. The predicted octanol–water partition coefficient (Wildman–Crippen LogP) is 3.76. The summed E-state index contributed by atoms with van der Waals surface area (Å²) >= 11 is 0. The van der Waals surface area contributed by atoms with Gasteiger partial charge in [-0.1, -0.05) is 30.3 Å². The third kappa shape index (κ3) is 3.76. The molecule has 4 aromatic rings. The number of hydrogen-bond donors (Lipinski definition) is 2. The zero-order valence-corrected chi connectivity index (χ0v) is 18.7. The van der Waals surface area contributed by atoms with E-state index in [9.17, 15) is 14.0 Å². The Bertz CT molecular complexity index is 1480. The standard InChI is InChI=1S/C27H25FN4O2/c28-27-14-26(15-27,16-27)17-29-12-18-4-6-20-7-5-19(10-21(20)9-18)13-30-25(34)22-11-24(33)32-8-2-1-3-23(32)31-22/h1-11,29H,12-17H2,(H,30,34). The highest BCUT2D eigenvalue weighted by atomic mass is 19.1. The summed E-state index contributed by atoms with van der Waals surface area (Å²) in [6.07, 6.45) is 3.76. The van der Waals surface area contributed by atoms with Crippen molar-refractivity contribution in [3.8, 4) is 0 Å². The number of carbonyl (C=O) groups is 1. The fourth-order valence-corrected chi connectivity index (χ4v) is 5.53. The molecule has 2 N–H and O–H groups in total. The number of halogens is 1. The van der Waals surface area contributed by atoms with Crippen LogP contribution >= 0.6 is 0 Å². The summed E-state index contributed by atoms with van der Waals surface area (Å²) in [5.41, 5.74) is 1.74. The summed E-state index contributed by atoms with van der Waals surface area (Å²) in [5.74, 6) is -0.384. The molecule has 0 radical (unpaired) electrons. The first-order chi connectivity index (χ1) is 16.4. The minimum absolute atomic E-state index is 0.104. The van der Waals surface area contributed by atoms with Crippen LogP contribution in [0.5, 0.6) is 0 Å². The first-order valence-corrected chi connectivity index (χ1v) is 11.6. The quantitative estimate of drug-likeness (QED) is 0.444. The van der Waals surface area contributed by atoms with Crippen molar-refractivity contribution in [3.63, 3.8) is 0 Å². The molecule has 3 fully saturated rings. The molecule has 3 aliphatic carbocycles. The highest BCUT2D eigenvalue weighted by molar-refractivity contribution is 5.92. The maximum Gasteiger partial charge on any atom is 0.270 e. The van der Waals surface area contributed by atoms with Crippen molar-refractivity contribution in [2.75, 3.05) is 6.54 Å². The summed E-state index contributed by atoms with van der Waals surface area (Å²) in [6.45, 7) is 1.96. The maximum absolute atomic E-state index is 13.7. The zero-order valence-electron chi connectivity index (χ0n) is 18.7. The second-order valence-electron chi connectivity index (χ2n) is 9.89. The lowest BCUT2D eigenvalue weighted by Gasteiger charge is -2.66. The second kappa shape index (κ2) is 7.74. The number of nitrogens with one attached hydrogen (secondary N) is 2. The van der Waals surface area contributed by atoms with Crippen LogP contribution in [0.2, 0.25) is 0 Å². The monoisotopic (exact) mass is 456 g/mol. The van der Waals surface area contributed by atoms with Crippen LogP contribution in [0.1, 0.15) is 40.9 Å². The van der Waals surface area contributed by atoms with Gasteiger partial charge in [-0.25, -0.2) is 9.37 Å². The second-order valence-corrected chi connectivity index (χ2v) is 9.89. The predicted molar refractivity (Wildman–Crippen MR) is 128 cm³/mol. The summed E-state index contributed by atoms with van der Waals surface area (Å²) in [4.78, 5) is 29.2. The van der Waals surface area contributed by atoms with Gasteiger partial charge in [-0.2, -0.15) is 0 Å². The van der Waals surface area contributed by atoms with Gasteiger partial charge in [0.2, 0.25) is 0 Å². The molecule has 34 heavy (non-hydrogen) atoms. The Balaban J connectivity index is 1.11. The van der Waals surface area contributed by atoms with E-state index >= 15 is 0 Å². The molecule has 2 bridgehead atoms. The zero-order chi connectivity index (χ0) is 23.3. The molecule has 3 aliphatic rings. The average Bonchev–Trinajstić information content (AvgIpc) is 2.80. The smallest absolute Gasteiger partial charge is 0.270 e. The highest BCUT2D eigenvalue weighted by Gasteiger charge is 2.68. The van der Waals surface area contributed by atoms with Crippen molar-refractivity contribution in [2.45, 2.75) is 38.0 Å². The molecule has 2 aromatic carbocycles. The Kier molecular flexibility index (Phi) is 4.78. The molecule has 7 rings (SSSR count). The van der Waals surface area contributed by atoms with Gasteiger partial charge in [-0.05, 0) is 70.8 Å². The van der Waals surface area contributed by atoms with Gasteiger partial charge in [0.05, 0.1) is 0 Å². The number of nitrogens with zero attached hydrogens (tertiary/aromatic N) is 2. The first-order valence-electron chi connectivity index (χ1n) is 11.6. The van der Waals surface area contributed by atoms with E-state index in [0.717, 1.165) is 29.4 Å². The Morgan fingerprint density at radius 2 is 1.71 bits per heavy atom. The number of carbonyl (C=O) groups excluding carboxylic acids is 1. The van der Waals surface area contributed by atoms with E-state index in [1.165, 1.54) is 16.0 Å². The number of hydrogen-bond acceptors (Lipinski definition) is 4. The molecule has 172 valence electrons. The number of aromatic nitrogens is 2. The molecule has 0 atom stereocenters. The average molecular weight is 457 g/mol. The summed E-state index contributed by atoms with van der Waals surface area (Å²) < 4.78 is 15.1. The summed E-state index contributed by atoms with van der Waals surface area (Å²) in [6, 6.07) is 18.9. The lowest BCUT2D eigenvalue weighted by Crippen LogP contribution is -2.67. The van der Waals surface area contributed by atoms with E-state index in [2.05, 4.69) is 39.9 Å². The van der Waals surface area contributed by atoms with Gasteiger partial charge < -0.3 is 10.6 Å². The highest BCUT2D eigenvalue weighted by Crippen LogP contribution is 2.69. The summed E-state index contributed by atoms with van der Waals surface area (Å²) in [7, 11) is 0. The number of pyridine rings is 1. The molecule has 1 amide bonds. The van der Waals surface area contributed by atoms with Crippen LogP contribution in [0.15, 0.2) is 71.7 Å². The third-order valence-corrected chi connectivity index (χ3v) is 7.13. The van der Waals surface area contributed by atoms with E-state index < -0.39 is 5.67 Å². The van der Waals surface area contributed by atoms with Gasteiger partial charge in [0.1, 0.15) is 17.0 Å². The van der Waals surface area contributed by atoms with E-state index in [-0.39, 0.29) is 22.6 Å². The Morgan fingerprint density at radius 3 is 2.44 bits per heavy atom. The Hall–Kier alpha value is -3.58. The molecular weight excluding hydrogens is 431 g/mol. The van der Waals surface area contributed by atoms with Crippen LogP contribution in [0.3, 0.4) is 0 Å². The molecule has 3 saturated carbocycles. The minimum atomic E-state index is -0.850. The van der Waals surface area contributed by atoms with Crippen LogP contribution in [0.4, 0.5) is 4.39 Å². The van der Waals surface area contributed by atoms with E-state index in [4.69, 9.17) is 0 Å². The van der Waals surface area contributed by atoms with Crippen LogP contribution in [-0.4, -0.2) is 27.5 Å². The molecule has 7 heteroatoms. The fraction of sp³-hybridized carbons (Fsp3) is 0.296. The number of rotatable bonds is 7. The topological polar surface area (TPSA) is 75.5 Å². The van der Waals surface area contributed by atoms with Crippen LogP contribution in [0, 0.1) is 5.41 Å². The Labute approximate surface area is 195 Å². The van der Waals surface area contributed by atoms with Crippen molar-refractivity contribution in [1.29, 1.82) is 0 Å². The van der Waals surface area contributed by atoms with Gasteiger partial charge in [0.15, 0.2) is 0 Å². The van der Waals surface area contributed by atoms with Gasteiger partial charge in [-0.15, -0.1) is 0 Å². The number of amides is 1. The molecular formula is C27H25FN4O2. The van der Waals surface area contributed by atoms with Gasteiger partial charge >= 0.3 is 0 Å². The fourth-order valence-electron chi connectivity index (χ4n) is 5.53. The molecule has 2 aromatic heterocycles. The molecule has 0 spiro atoms. The van der Waals surface area contributed by atoms with E-state index in [0.29, 0.717) is 31.5 Å².